The van der Waals surface area contributed by atoms with Gasteiger partial charge in [0.05, 0.1) is 13.7 Å². The molecule has 7 nitrogen and oxygen atoms in total. The zero-order chi connectivity index (χ0) is 19.9. The Balaban J connectivity index is 0.00000300. The zero-order valence-electron chi connectivity index (χ0n) is 17.1. The molecular formula is C21H30ClN3O4. The quantitative estimate of drug-likeness (QED) is 0.757. The number of nitrogens with zero attached hydrogens (tertiary/aromatic N) is 2. The summed E-state index contributed by atoms with van der Waals surface area (Å²) >= 11 is 0. The van der Waals surface area contributed by atoms with E-state index >= 15 is 0 Å². The van der Waals surface area contributed by atoms with E-state index in [1.165, 1.54) is 0 Å². The highest BCUT2D eigenvalue weighted by atomic mass is 35.5. The summed E-state index contributed by atoms with van der Waals surface area (Å²) in [5.74, 6) is 1.21. The molecule has 1 aromatic rings. The van der Waals surface area contributed by atoms with E-state index in [4.69, 9.17) is 9.47 Å². The van der Waals surface area contributed by atoms with Gasteiger partial charge in [0.2, 0.25) is 5.91 Å². The van der Waals surface area contributed by atoms with Gasteiger partial charge in [0.25, 0.3) is 5.91 Å². The average molecular weight is 424 g/mol. The fourth-order valence-corrected chi connectivity index (χ4v) is 3.77. The number of carbonyl (C=O) groups is 2. The van der Waals surface area contributed by atoms with Crippen molar-refractivity contribution in [3.63, 3.8) is 0 Å². The summed E-state index contributed by atoms with van der Waals surface area (Å²) in [5, 5.41) is 3.09. The molecule has 2 amide bonds. The molecule has 1 atom stereocenters. The largest absolute Gasteiger partial charge is 0.493 e. The van der Waals surface area contributed by atoms with Crippen molar-refractivity contribution in [2.24, 2.45) is 0 Å². The maximum atomic E-state index is 12.7. The summed E-state index contributed by atoms with van der Waals surface area (Å²) in [7, 11) is 1.59. The molecule has 0 spiro atoms. The number of allylic oxidation sites excluding steroid dienone is 1. The molecule has 29 heavy (non-hydrogen) atoms. The highest BCUT2D eigenvalue weighted by molar-refractivity contribution is 5.85. The monoisotopic (exact) mass is 423 g/mol. The first-order valence-corrected chi connectivity index (χ1v) is 9.84. The van der Waals surface area contributed by atoms with Gasteiger partial charge >= 0.3 is 0 Å². The Morgan fingerprint density at radius 1 is 1.31 bits per heavy atom. The van der Waals surface area contributed by atoms with Gasteiger partial charge in [0, 0.05) is 32.2 Å². The second-order valence-electron chi connectivity index (χ2n) is 7.10. The first kappa shape index (κ1) is 23.0. The minimum absolute atomic E-state index is 0. The van der Waals surface area contributed by atoms with E-state index in [2.05, 4.69) is 5.32 Å². The van der Waals surface area contributed by atoms with E-state index in [1.807, 2.05) is 47.1 Å². The second kappa shape index (κ2) is 11.1. The normalized spacial score (nSPS) is 19.8. The van der Waals surface area contributed by atoms with Crippen molar-refractivity contribution in [3.05, 3.63) is 29.8 Å². The Hall–Kier alpha value is -2.25. The van der Waals surface area contributed by atoms with Crippen LogP contribution in [0.2, 0.25) is 0 Å². The molecule has 0 bridgehead atoms. The van der Waals surface area contributed by atoms with Crippen molar-refractivity contribution >= 4 is 30.3 Å². The summed E-state index contributed by atoms with van der Waals surface area (Å²) in [5.41, 5.74) is 1.01. The number of piperazine rings is 1. The van der Waals surface area contributed by atoms with Crippen LogP contribution in [-0.2, 0) is 9.59 Å². The lowest BCUT2D eigenvalue weighted by Gasteiger charge is -2.41. The van der Waals surface area contributed by atoms with Crippen LogP contribution in [0.3, 0.4) is 0 Å². The number of ether oxygens (including phenoxy) is 2. The van der Waals surface area contributed by atoms with Gasteiger partial charge in [-0.05, 0) is 37.5 Å². The number of rotatable bonds is 6. The molecule has 2 aliphatic heterocycles. The first-order chi connectivity index (χ1) is 13.6. The van der Waals surface area contributed by atoms with Gasteiger partial charge in [-0.1, -0.05) is 18.2 Å². The van der Waals surface area contributed by atoms with Gasteiger partial charge in [0.1, 0.15) is 0 Å². The molecule has 8 heteroatoms. The Kier molecular flexibility index (Phi) is 8.79. The average Bonchev–Trinajstić information content (AvgIpc) is 2.73. The van der Waals surface area contributed by atoms with Crippen LogP contribution < -0.4 is 14.8 Å². The molecule has 2 saturated heterocycles. The summed E-state index contributed by atoms with van der Waals surface area (Å²) in [6.45, 7) is 5.09. The van der Waals surface area contributed by atoms with E-state index in [9.17, 15) is 9.59 Å². The number of piperidine rings is 1. The number of methoxy groups -OCH3 is 1. The number of hydrogen-bond acceptors (Lipinski definition) is 5. The lowest BCUT2D eigenvalue weighted by atomic mass is 10.0. The SMILES string of the molecule is C/C=C/c1ccc(OCC(=O)N2CCCC(N3CCNCC3=O)C2)c(OC)c1.Cl. The highest BCUT2D eigenvalue weighted by Crippen LogP contribution is 2.28. The van der Waals surface area contributed by atoms with Crippen LogP contribution in [0.5, 0.6) is 11.5 Å². The summed E-state index contributed by atoms with van der Waals surface area (Å²) < 4.78 is 11.1. The fourth-order valence-electron chi connectivity index (χ4n) is 3.77. The number of likely N-dealkylation sites (tertiary alicyclic amines) is 1. The summed E-state index contributed by atoms with van der Waals surface area (Å²) in [6, 6.07) is 5.73. The molecule has 1 N–H and O–H groups in total. The topological polar surface area (TPSA) is 71.1 Å². The number of amides is 2. The van der Waals surface area contributed by atoms with Crippen LogP contribution >= 0.6 is 12.4 Å². The van der Waals surface area contributed by atoms with Gasteiger partial charge in [-0.2, -0.15) is 0 Å². The second-order valence-corrected chi connectivity index (χ2v) is 7.10. The van der Waals surface area contributed by atoms with Gasteiger partial charge in [-0.25, -0.2) is 0 Å². The van der Waals surface area contributed by atoms with E-state index < -0.39 is 0 Å². The summed E-state index contributed by atoms with van der Waals surface area (Å²) in [6.07, 6.45) is 5.77. The van der Waals surface area contributed by atoms with Crippen LogP contribution in [0.1, 0.15) is 25.3 Å². The maximum Gasteiger partial charge on any atom is 0.260 e. The molecule has 3 rings (SSSR count). The van der Waals surface area contributed by atoms with Crippen molar-refractivity contribution in [1.29, 1.82) is 0 Å². The van der Waals surface area contributed by atoms with Crippen molar-refractivity contribution in [2.45, 2.75) is 25.8 Å². The van der Waals surface area contributed by atoms with Gasteiger partial charge < -0.3 is 24.6 Å². The van der Waals surface area contributed by atoms with Crippen LogP contribution in [0.15, 0.2) is 24.3 Å². The van der Waals surface area contributed by atoms with Gasteiger partial charge in [0.15, 0.2) is 18.1 Å². The molecule has 2 fully saturated rings. The first-order valence-electron chi connectivity index (χ1n) is 9.84. The van der Waals surface area contributed by atoms with Gasteiger partial charge in [-0.3, -0.25) is 9.59 Å². The zero-order valence-corrected chi connectivity index (χ0v) is 17.9. The predicted molar refractivity (Wildman–Crippen MR) is 115 cm³/mol. The lowest BCUT2D eigenvalue weighted by Crippen LogP contribution is -2.57. The van der Waals surface area contributed by atoms with E-state index in [0.717, 1.165) is 24.9 Å². The Morgan fingerprint density at radius 2 is 2.14 bits per heavy atom. The standard InChI is InChI=1S/C21H29N3O4.ClH/c1-3-5-16-7-8-18(19(12-16)27-2)28-15-21(26)23-10-4-6-17(14-23)24-11-9-22-13-20(24)25;/h3,5,7-8,12,17,22H,4,6,9-11,13-15H2,1-2H3;1H/b5-3+;. The maximum absolute atomic E-state index is 12.7. The molecule has 0 saturated carbocycles. The molecule has 2 aliphatic rings. The lowest BCUT2D eigenvalue weighted by molar-refractivity contribution is -0.141. The van der Waals surface area contributed by atoms with E-state index in [-0.39, 0.29) is 36.9 Å². The Labute approximate surface area is 178 Å². The third kappa shape index (κ3) is 5.87. The number of nitrogens with one attached hydrogen (secondary N) is 1. The molecular weight excluding hydrogens is 394 g/mol. The number of hydrogen-bond donors (Lipinski definition) is 1. The van der Waals surface area contributed by atoms with Crippen molar-refractivity contribution < 1.29 is 19.1 Å². The molecule has 160 valence electrons. The fraction of sp³-hybridized carbons (Fsp3) is 0.524. The third-order valence-corrected chi connectivity index (χ3v) is 5.21. The smallest absolute Gasteiger partial charge is 0.260 e. The number of carbonyl (C=O) groups excluding carboxylic acids is 2. The number of benzene rings is 1. The Bertz CT molecular complexity index is 741. The highest BCUT2D eigenvalue weighted by Gasteiger charge is 2.31. The summed E-state index contributed by atoms with van der Waals surface area (Å²) in [4.78, 5) is 28.6. The Morgan fingerprint density at radius 3 is 2.86 bits per heavy atom. The minimum atomic E-state index is -0.0631. The molecule has 1 aromatic carbocycles. The van der Waals surface area contributed by atoms with Crippen molar-refractivity contribution in [3.8, 4) is 11.5 Å². The minimum Gasteiger partial charge on any atom is -0.493 e. The molecule has 0 aromatic heterocycles. The molecule has 2 heterocycles. The van der Waals surface area contributed by atoms with E-state index in [1.54, 1.807) is 7.11 Å². The van der Waals surface area contributed by atoms with Crippen LogP contribution in [0.25, 0.3) is 6.08 Å². The van der Waals surface area contributed by atoms with Crippen LogP contribution in [0.4, 0.5) is 0 Å². The predicted octanol–water partition coefficient (Wildman–Crippen LogP) is 1.95. The molecule has 0 radical (unpaired) electrons. The molecule has 0 aliphatic carbocycles. The van der Waals surface area contributed by atoms with Crippen molar-refractivity contribution in [2.75, 3.05) is 46.4 Å². The van der Waals surface area contributed by atoms with E-state index in [0.29, 0.717) is 37.7 Å². The van der Waals surface area contributed by atoms with Crippen LogP contribution in [-0.4, -0.2) is 74.1 Å². The molecule has 1 unspecified atom stereocenters. The van der Waals surface area contributed by atoms with Crippen LogP contribution in [0, 0.1) is 0 Å². The number of halogens is 1. The third-order valence-electron chi connectivity index (χ3n) is 5.21. The van der Waals surface area contributed by atoms with Crippen molar-refractivity contribution in [1.82, 2.24) is 15.1 Å². The van der Waals surface area contributed by atoms with Gasteiger partial charge in [-0.15, -0.1) is 12.4 Å².